The smallest absolute Gasteiger partial charge is 0.0710 e. The minimum absolute atomic E-state index is 0.928. The molecule has 0 bridgehead atoms. The van der Waals surface area contributed by atoms with Crippen molar-refractivity contribution in [1.82, 2.24) is 0 Å². The van der Waals surface area contributed by atoms with Gasteiger partial charge >= 0.3 is 0 Å². The van der Waals surface area contributed by atoms with Crippen LogP contribution in [0.1, 0.15) is 13.3 Å². The first-order chi connectivity index (χ1) is 4.20. The third kappa shape index (κ3) is 4.28. The van der Waals surface area contributed by atoms with Crippen molar-refractivity contribution in [1.29, 1.82) is 0 Å². The van der Waals surface area contributed by atoms with E-state index in [-0.39, 0.29) is 0 Å². The second-order valence-electron chi connectivity index (χ2n) is 1.96. The molecule has 0 amide bonds. The Morgan fingerprint density at radius 2 is 2.22 bits per heavy atom. The van der Waals surface area contributed by atoms with Crippen LogP contribution in [0.3, 0.4) is 0 Å². The van der Waals surface area contributed by atoms with Gasteiger partial charge in [0.05, 0.1) is 5.04 Å². The lowest BCUT2D eigenvalue weighted by atomic mass is 10.3. The number of nitrogens with zero attached hydrogens (tertiary/aromatic N) is 1. The molecule has 0 N–H and O–H groups in total. The van der Waals surface area contributed by atoms with E-state index in [1.54, 1.807) is 11.8 Å². The van der Waals surface area contributed by atoms with Crippen molar-refractivity contribution >= 4 is 16.8 Å². The van der Waals surface area contributed by atoms with Crippen LogP contribution in [-0.4, -0.2) is 18.3 Å². The normalized spacial score (nSPS) is 11.7. The first-order valence-electron chi connectivity index (χ1n) is 2.84. The van der Waals surface area contributed by atoms with E-state index in [1.165, 1.54) is 5.57 Å². The third-order valence-electron chi connectivity index (χ3n) is 0.938. The predicted octanol–water partition coefficient (Wildman–Crippen LogP) is 2.34. The Labute approximate surface area is 61.3 Å². The maximum Gasteiger partial charge on any atom is 0.0710 e. The SMILES string of the molecule is C=C(C)CC(=NC)SC. The van der Waals surface area contributed by atoms with Gasteiger partial charge in [-0.1, -0.05) is 12.2 Å². The molecule has 52 valence electrons. The molecular weight excluding hydrogens is 130 g/mol. The molecule has 0 heterocycles. The average molecular weight is 143 g/mol. The molecule has 0 atom stereocenters. The van der Waals surface area contributed by atoms with Gasteiger partial charge in [-0.15, -0.1) is 11.8 Å². The Morgan fingerprint density at radius 3 is 2.33 bits per heavy atom. The van der Waals surface area contributed by atoms with Gasteiger partial charge in [0, 0.05) is 13.5 Å². The quantitative estimate of drug-likeness (QED) is 0.328. The fourth-order valence-corrected chi connectivity index (χ4v) is 1.07. The highest BCUT2D eigenvalue weighted by molar-refractivity contribution is 8.13. The van der Waals surface area contributed by atoms with Crippen LogP contribution in [0.4, 0.5) is 0 Å². The summed E-state index contributed by atoms with van der Waals surface area (Å²) in [6.45, 7) is 5.81. The van der Waals surface area contributed by atoms with Gasteiger partial charge in [-0.05, 0) is 13.2 Å². The topological polar surface area (TPSA) is 12.4 Å². The Hall–Kier alpha value is -0.240. The highest BCUT2D eigenvalue weighted by Gasteiger charge is 1.93. The summed E-state index contributed by atoms with van der Waals surface area (Å²) < 4.78 is 0. The Morgan fingerprint density at radius 1 is 1.67 bits per heavy atom. The number of thioether (sulfide) groups is 1. The zero-order valence-corrected chi connectivity index (χ0v) is 7.09. The van der Waals surface area contributed by atoms with Crippen molar-refractivity contribution in [3.63, 3.8) is 0 Å². The van der Waals surface area contributed by atoms with E-state index in [0.29, 0.717) is 0 Å². The molecule has 0 radical (unpaired) electrons. The molecule has 2 heteroatoms. The van der Waals surface area contributed by atoms with Gasteiger partial charge in [0.25, 0.3) is 0 Å². The minimum atomic E-state index is 0.928. The van der Waals surface area contributed by atoms with Crippen molar-refractivity contribution in [2.45, 2.75) is 13.3 Å². The summed E-state index contributed by atoms with van der Waals surface area (Å²) in [7, 11) is 1.81. The van der Waals surface area contributed by atoms with Gasteiger partial charge in [0.1, 0.15) is 0 Å². The molecule has 0 aliphatic rings. The molecule has 0 unspecified atom stereocenters. The minimum Gasteiger partial charge on any atom is -0.286 e. The fraction of sp³-hybridized carbons (Fsp3) is 0.571. The summed E-state index contributed by atoms with van der Waals surface area (Å²) in [6.07, 6.45) is 2.96. The van der Waals surface area contributed by atoms with Crippen molar-refractivity contribution < 1.29 is 0 Å². The third-order valence-corrected chi connectivity index (χ3v) is 1.74. The number of hydrogen-bond acceptors (Lipinski definition) is 2. The Bertz CT molecular complexity index is 127. The van der Waals surface area contributed by atoms with Gasteiger partial charge in [0.2, 0.25) is 0 Å². The highest BCUT2D eigenvalue weighted by Crippen LogP contribution is 2.07. The standard InChI is InChI=1S/C7H13NS/c1-6(2)5-7(8-3)9-4/h1,5H2,2-4H3. The van der Waals surface area contributed by atoms with Gasteiger partial charge in [-0.2, -0.15) is 0 Å². The molecule has 1 nitrogen and oxygen atoms in total. The van der Waals surface area contributed by atoms with E-state index < -0.39 is 0 Å². The molecule has 0 aromatic carbocycles. The molecule has 0 saturated carbocycles. The Kier molecular flexibility index (Phi) is 4.50. The van der Waals surface area contributed by atoms with Gasteiger partial charge in [-0.25, -0.2) is 0 Å². The van der Waals surface area contributed by atoms with Crippen LogP contribution >= 0.6 is 11.8 Å². The van der Waals surface area contributed by atoms with Crippen LogP contribution in [0.5, 0.6) is 0 Å². The lowest BCUT2D eigenvalue weighted by Crippen LogP contribution is -1.90. The van der Waals surface area contributed by atoms with Crippen LogP contribution in [0.15, 0.2) is 17.1 Å². The first-order valence-corrected chi connectivity index (χ1v) is 4.07. The number of rotatable bonds is 2. The number of hydrogen-bond donors (Lipinski definition) is 0. The van der Waals surface area contributed by atoms with Crippen molar-refractivity contribution in [3.8, 4) is 0 Å². The largest absolute Gasteiger partial charge is 0.286 e. The molecule has 0 aliphatic heterocycles. The molecule has 0 spiro atoms. The van der Waals surface area contributed by atoms with E-state index in [9.17, 15) is 0 Å². The van der Waals surface area contributed by atoms with E-state index in [4.69, 9.17) is 0 Å². The van der Waals surface area contributed by atoms with E-state index in [1.807, 2.05) is 20.2 Å². The predicted molar refractivity (Wildman–Crippen MR) is 46.3 cm³/mol. The molecule has 0 aromatic heterocycles. The van der Waals surface area contributed by atoms with E-state index >= 15 is 0 Å². The monoisotopic (exact) mass is 143 g/mol. The maximum atomic E-state index is 4.07. The highest BCUT2D eigenvalue weighted by atomic mass is 32.2. The molecule has 0 saturated heterocycles. The number of aliphatic imine (C=N–C) groups is 1. The molecular formula is C7H13NS. The molecule has 0 fully saturated rings. The van der Waals surface area contributed by atoms with Crippen LogP contribution < -0.4 is 0 Å². The van der Waals surface area contributed by atoms with E-state index in [0.717, 1.165) is 11.5 Å². The van der Waals surface area contributed by atoms with Crippen LogP contribution in [-0.2, 0) is 0 Å². The molecule has 0 aliphatic carbocycles. The van der Waals surface area contributed by atoms with Crippen molar-refractivity contribution in [3.05, 3.63) is 12.2 Å². The second kappa shape index (κ2) is 4.62. The summed E-state index contributed by atoms with van der Waals surface area (Å²) in [5, 5.41) is 1.16. The maximum absolute atomic E-state index is 4.07. The average Bonchev–Trinajstić information content (AvgIpc) is 1.82. The van der Waals surface area contributed by atoms with Crippen LogP contribution in [0, 0.1) is 0 Å². The lowest BCUT2D eigenvalue weighted by molar-refractivity contribution is 1.27. The summed E-state index contributed by atoms with van der Waals surface area (Å²) in [5.41, 5.74) is 1.17. The van der Waals surface area contributed by atoms with Gasteiger partial charge in [0.15, 0.2) is 0 Å². The van der Waals surface area contributed by atoms with Gasteiger partial charge < -0.3 is 0 Å². The van der Waals surface area contributed by atoms with Crippen LogP contribution in [0.2, 0.25) is 0 Å². The van der Waals surface area contributed by atoms with Crippen molar-refractivity contribution in [2.24, 2.45) is 4.99 Å². The lowest BCUT2D eigenvalue weighted by Gasteiger charge is -1.98. The molecule has 0 aromatic rings. The fourth-order valence-electron chi connectivity index (χ4n) is 0.501. The zero-order valence-electron chi connectivity index (χ0n) is 6.27. The van der Waals surface area contributed by atoms with E-state index in [2.05, 4.69) is 11.6 Å². The summed E-state index contributed by atoms with van der Waals surface area (Å²) >= 11 is 1.69. The zero-order chi connectivity index (χ0) is 7.28. The number of allylic oxidation sites excluding steroid dienone is 1. The van der Waals surface area contributed by atoms with Crippen LogP contribution in [0.25, 0.3) is 0 Å². The second-order valence-corrected chi connectivity index (χ2v) is 2.83. The molecule has 0 rings (SSSR count). The first kappa shape index (κ1) is 8.76. The van der Waals surface area contributed by atoms with Gasteiger partial charge in [-0.3, -0.25) is 4.99 Å². The summed E-state index contributed by atoms with van der Waals surface area (Å²) in [6, 6.07) is 0. The summed E-state index contributed by atoms with van der Waals surface area (Å²) in [4.78, 5) is 4.07. The summed E-state index contributed by atoms with van der Waals surface area (Å²) in [5.74, 6) is 0. The van der Waals surface area contributed by atoms with Crippen molar-refractivity contribution in [2.75, 3.05) is 13.3 Å². The molecule has 9 heavy (non-hydrogen) atoms. The Balaban J connectivity index is 3.71.